The second kappa shape index (κ2) is 6.62. The lowest BCUT2D eigenvalue weighted by molar-refractivity contribution is -0.117. The Balaban J connectivity index is 2.23. The van der Waals surface area contributed by atoms with Crippen molar-refractivity contribution in [2.45, 2.75) is 13.3 Å². The molecule has 0 bridgehead atoms. The molecule has 1 atom stereocenters. The molecule has 1 aliphatic heterocycles. The minimum atomic E-state index is -1.08. The van der Waals surface area contributed by atoms with E-state index >= 15 is 0 Å². The van der Waals surface area contributed by atoms with E-state index in [0.717, 1.165) is 0 Å². The molecule has 2 rings (SSSR count). The average molecular weight is 372 g/mol. The third kappa shape index (κ3) is 3.65. The van der Waals surface area contributed by atoms with Gasteiger partial charge in [-0.1, -0.05) is 17.8 Å². The number of amides is 1. The second-order valence-electron chi connectivity index (χ2n) is 4.82. The second-order valence-corrected chi connectivity index (χ2v) is 6.87. The molecule has 0 spiro atoms. The molecule has 1 N–H and O–H groups in total. The van der Waals surface area contributed by atoms with E-state index in [4.69, 9.17) is 0 Å². The maximum absolute atomic E-state index is 12.1. The van der Waals surface area contributed by atoms with E-state index in [1.165, 1.54) is 23.6 Å². The summed E-state index contributed by atoms with van der Waals surface area (Å²) in [6, 6.07) is 4.97. The van der Waals surface area contributed by atoms with Crippen molar-refractivity contribution < 1.29 is 19.5 Å². The maximum atomic E-state index is 12.1. The van der Waals surface area contributed by atoms with Gasteiger partial charge in [0.15, 0.2) is 5.12 Å². The Morgan fingerprint density at radius 3 is 2.81 bits per heavy atom. The van der Waals surface area contributed by atoms with Crippen molar-refractivity contribution in [3.05, 3.63) is 28.2 Å². The molecule has 1 aliphatic rings. The molecule has 0 saturated carbocycles. The number of benzene rings is 1. The van der Waals surface area contributed by atoms with Gasteiger partial charge in [0, 0.05) is 30.1 Å². The highest BCUT2D eigenvalue weighted by Gasteiger charge is 2.33. The van der Waals surface area contributed by atoms with Gasteiger partial charge in [-0.25, -0.2) is 4.79 Å². The van der Waals surface area contributed by atoms with Gasteiger partial charge in [-0.3, -0.25) is 9.59 Å². The standard InChI is InChI=1S/C14H14BrNO4S/c1-8(17)21-7-9-5-12(18)16(6-9)11-4-2-3-10(15)13(11)14(19)20/h2-4,9H,5-7H2,1H3,(H,19,20). The fraction of sp³-hybridized carbons (Fsp3) is 0.357. The van der Waals surface area contributed by atoms with Gasteiger partial charge in [-0.05, 0) is 34.0 Å². The predicted octanol–water partition coefficient (Wildman–Crippen LogP) is 2.78. The van der Waals surface area contributed by atoms with Gasteiger partial charge in [0.1, 0.15) is 0 Å². The summed E-state index contributed by atoms with van der Waals surface area (Å²) in [5, 5.41) is 9.34. The number of carbonyl (C=O) groups excluding carboxylic acids is 2. The maximum Gasteiger partial charge on any atom is 0.338 e. The molecule has 21 heavy (non-hydrogen) atoms. The zero-order valence-corrected chi connectivity index (χ0v) is 13.7. The van der Waals surface area contributed by atoms with Gasteiger partial charge in [-0.2, -0.15) is 0 Å². The molecule has 1 fully saturated rings. The molecule has 0 radical (unpaired) electrons. The van der Waals surface area contributed by atoms with Crippen LogP contribution in [0.25, 0.3) is 0 Å². The van der Waals surface area contributed by atoms with Crippen LogP contribution in [-0.4, -0.2) is 34.4 Å². The molecule has 1 aromatic carbocycles. The van der Waals surface area contributed by atoms with Crippen molar-refractivity contribution in [1.29, 1.82) is 0 Å². The van der Waals surface area contributed by atoms with Crippen molar-refractivity contribution >= 4 is 50.4 Å². The van der Waals surface area contributed by atoms with Crippen LogP contribution in [0.5, 0.6) is 0 Å². The third-order valence-electron chi connectivity index (χ3n) is 3.22. The lowest BCUT2D eigenvalue weighted by Gasteiger charge is -2.19. The van der Waals surface area contributed by atoms with Crippen LogP contribution in [0.2, 0.25) is 0 Å². The number of thioether (sulfide) groups is 1. The van der Waals surface area contributed by atoms with Crippen LogP contribution >= 0.6 is 27.7 Å². The van der Waals surface area contributed by atoms with Crippen molar-refractivity contribution in [2.24, 2.45) is 5.92 Å². The Kier molecular flexibility index (Phi) is 5.05. The van der Waals surface area contributed by atoms with Crippen molar-refractivity contribution in [3.63, 3.8) is 0 Å². The van der Waals surface area contributed by atoms with E-state index in [2.05, 4.69) is 15.9 Å². The molecule has 7 heteroatoms. The zero-order valence-electron chi connectivity index (χ0n) is 11.3. The number of hydrogen-bond acceptors (Lipinski definition) is 4. The summed E-state index contributed by atoms with van der Waals surface area (Å²) in [6.45, 7) is 1.94. The molecule has 0 aliphatic carbocycles. The van der Waals surface area contributed by atoms with E-state index in [1.807, 2.05) is 0 Å². The topological polar surface area (TPSA) is 74.7 Å². The molecule has 1 heterocycles. The summed E-state index contributed by atoms with van der Waals surface area (Å²) in [7, 11) is 0. The zero-order chi connectivity index (χ0) is 15.6. The normalized spacial score (nSPS) is 18.1. The Bertz CT molecular complexity index is 605. The summed E-state index contributed by atoms with van der Waals surface area (Å²) >= 11 is 4.41. The van der Waals surface area contributed by atoms with Crippen molar-refractivity contribution in [3.8, 4) is 0 Å². The minimum Gasteiger partial charge on any atom is -0.478 e. The third-order valence-corrected chi connectivity index (χ3v) is 4.93. The average Bonchev–Trinajstić information content (AvgIpc) is 2.76. The monoisotopic (exact) mass is 371 g/mol. The van der Waals surface area contributed by atoms with Gasteiger partial charge in [-0.15, -0.1) is 0 Å². The first-order valence-corrected chi connectivity index (χ1v) is 8.13. The number of carboxylic acids is 1. The van der Waals surface area contributed by atoms with E-state index < -0.39 is 5.97 Å². The smallest absolute Gasteiger partial charge is 0.338 e. The van der Waals surface area contributed by atoms with Crippen LogP contribution < -0.4 is 4.90 Å². The first kappa shape index (κ1) is 16.0. The first-order valence-electron chi connectivity index (χ1n) is 6.35. The molecule has 112 valence electrons. The molecule has 5 nitrogen and oxygen atoms in total. The van der Waals surface area contributed by atoms with Crippen LogP contribution in [0.4, 0.5) is 5.69 Å². The Hall–Kier alpha value is -1.34. The van der Waals surface area contributed by atoms with Crippen LogP contribution in [0.3, 0.4) is 0 Å². The Morgan fingerprint density at radius 1 is 1.48 bits per heavy atom. The highest BCUT2D eigenvalue weighted by atomic mass is 79.9. The number of rotatable bonds is 4. The van der Waals surface area contributed by atoms with Crippen LogP contribution in [0.15, 0.2) is 22.7 Å². The quantitative estimate of drug-likeness (QED) is 0.880. The molecule has 0 aromatic heterocycles. The van der Waals surface area contributed by atoms with Gasteiger partial charge in [0.25, 0.3) is 0 Å². The fourth-order valence-electron chi connectivity index (χ4n) is 2.31. The van der Waals surface area contributed by atoms with Crippen molar-refractivity contribution in [2.75, 3.05) is 17.2 Å². The van der Waals surface area contributed by atoms with Crippen LogP contribution in [-0.2, 0) is 9.59 Å². The summed E-state index contributed by atoms with van der Waals surface area (Å²) in [5.41, 5.74) is 0.489. The van der Waals surface area contributed by atoms with E-state index in [1.54, 1.807) is 18.2 Å². The lowest BCUT2D eigenvalue weighted by atomic mass is 10.1. The van der Waals surface area contributed by atoms with Gasteiger partial charge in [0.05, 0.1) is 11.3 Å². The number of hydrogen-bond donors (Lipinski definition) is 1. The highest BCUT2D eigenvalue weighted by molar-refractivity contribution is 9.10. The summed E-state index contributed by atoms with van der Waals surface area (Å²) in [5.74, 6) is -0.544. The van der Waals surface area contributed by atoms with E-state index in [-0.39, 0.29) is 22.5 Å². The Morgan fingerprint density at radius 2 is 2.19 bits per heavy atom. The number of anilines is 1. The predicted molar refractivity (Wildman–Crippen MR) is 84.7 cm³/mol. The highest BCUT2D eigenvalue weighted by Crippen LogP contribution is 2.33. The summed E-state index contributed by atoms with van der Waals surface area (Å²) in [6.07, 6.45) is 0.339. The number of carbonyl (C=O) groups is 3. The molecular weight excluding hydrogens is 358 g/mol. The van der Waals surface area contributed by atoms with Gasteiger partial charge in [0.2, 0.25) is 5.91 Å². The van der Waals surface area contributed by atoms with E-state index in [0.29, 0.717) is 28.9 Å². The molecular formula is C14H14BrNO4S. The van der Waals surface area contributed by atoms with Gasteiger partial charge >= 0.3 is 5.97 Å². The molecule has 1 unspecified atom stereocenters. The van der Waals surface area contributed by atoms with Crippen LogP contribution in [0, 0.1) is 5.92 Å². The van der Waals surface area contributed by atoms with E-state index in [9.17, 15) is 19.5 Å². The minimum absolute atomic E-state index is 0.0228. The number of nitrogens with zero attached hydrogens (tertiary/aromatic N) is 1. The Labute approximate surface area is 134 Å². The lowest BCUT2D eigenvalue weighted by Crippen LogP contribution is -2.27. The summed E-state index contributed by atoms with van der Waals surface area (Å²) in [4.78, 5) is 36.0. The van der Waals surface area contributed by atoms with Crippen molar-refractivity contribution in [1.82, 2.24) is 0 Å². The fourth-order valence-corrected chi connectivity index (χ4v) is 3.53. The molecule has 1 aromatic rings. The largest absolute Gasteiger partial charge is 0.478 e. The first-order chi connectivity index (χ1) is 9.90. The number of halogens is 1. The SMILES string of the molecule is CC(=O)SCC1CC(=O)N(c2cccc(Br)c2C(=O)O)C1. The summed E-state index contributed by atoms with van der Waals surface area (Å²) < 4.78 is 0.446. The van der Waals surface area contributed by atoms with Gasteiger partial charge < -0.3 is 10.0 Å². The number of carboxylic acid groups (broad SMARTS) is 1. The molecule has 1 amide bonds. The molecule has 1 saturated heterocycles. The van der Waals surface area contributed by atoms with Crippen LogP contribution in [0.1, 0.15) is 23.7 Å². The number of aromatic carboxylic acids is 1.